The van der Waals surface area contributed by atoms with Crippen molar-refractivity contribution in [1.29, 1.82) is 0 Å². The van der Waals surface area contributed by atoms with E-state index in [1.54, 1.807) is 0 Å². The first kappa shape index (κ1) is 19.2. The molecule has 0 radical (unpaired) electrons. The number of benzene rings is 1. The third-order valence-corrected chi connectivity index (χ3v) is 5.55. The monoisotopic (exact) mass is 398 g/mol. The molecule has 0 fully saturated rings. The van der Waals surface area contributed by atoms with Crippen LogP contribution in [0.15, 0.2) is 30.3 Å². The van der Waals surface area contributed by atoms with Gasteiger partial charge in [0.1, 0.15) is 5.82 Å². The number of nitrogens with one attached hydrogen (secondary N) is 2. The summed E-state index contributed by atoms with van der Waals surface area (Å²) in [4.78, 5) is 6.36. The van der Waals surface area contributed by atoms with Crippen molar-refractivity contribution >= 4 is 23.1 Å². The van der Waals surface area contributed by atoms with Crippen molar-refractivity contribution in [3.8, 4) is 11.3 Å². The zero-order valence-electron chi connectivity index (χ0n) is 17.1. The SMILES string of the molecule is C[NH+](C)CC(C)(C)CNc1c2c(nc3cc(-c4cccc(Cl)c4)nn13)CCC2. The summed E-state index contributed by atoms with van der Waals surface area (Å²) in [5.74, 6) is 1.10. The third kappa shape index (κ3) is 3.87. The molecule has 0 saturated carbocycles. The van der Waals surface area contributed by atoms with E-state index in [2.05, 4.69) is 39.3 Å². The third-order valence-electron chi connectivity index (χ3n) is 5.31. The number of fused-ring (bicyclic) bond motifs is 2. The minimum Gasteiger partial charge on any atom is -0.369 e. The van der Waals surface area contributed by atoms with Gasteiger partial charge < -0.3 is 10.2 Å². The maximum Gasteiger partial charge on any atom is 0.158 e. The van der Waals surface area contributed by atoms with Gasteiger partial charge in [-0.05, 0) is 31.4 Å². The Balaban J connectivity index is 1.74. The summed E-state index contributed by atoms with van der Waals surface area (Å²) in [5, 5.41) is 9.34. The van der Waals surface area contributed by atoms with Gasteiger partial charge in [-0.25, -0.2) is 4.98 Å². The highest BCUT2D eigenvalue weighted by Gasteiger charge is 2.25. The topological polar surface area (TPSA) is 46.7 Å². The molecular weight excluding hydrogens is 370 g/mol. The van der Waals surface area contributed by atoms with Gasteiger partial charge in [0.25, 0.3) is 0 Å². The van der Waals surface area contributed by atoms with Crippen LogP contribution in [-0.4, -0.2) is 41.8 Å². The molecule has 0 amide bonds. The number of aromatic nitrogens is 3. The highest BCUT2D eigenvalue weighted by Crippen LogP contribution is 2.31. The van der Waals surface area contributed by atoms with E-state index < -0.39 is 0 Å². The molecule has 28 heavy (non-hydrogen) atoms. The van der Waals surface area contributed by atoms with E-state index in [1.165, 1.54) is 16.2 Å². The summed E-state index contributed by atoms with van der Waals surface area (Å²) in [5.41, 5.74) is 5.53. The lowest BCUT2D eigenvalue weighted by Gasteiger charge is -2.27. The molecule has 0 spiro atoms. The Morgan fingerprint density at radius 2 is 2.04 bits per heavy atom. The van der Waals surface area contributed by atoms with Gasteiger partial charge in [-0.1, -0.05) is 37.6 Å². The molecule has 0 bridgehead atoms. The Morgan fingerprint density at radius 3 is 2.79 bits per heavy atom. The number of rotatable bonds is 6. The normalized spacial score (nSPS) is 14.1. The van der Waals surface area contributed by atoms with Crippen molar-refractivity contribution < 1.29 is 4.90 Å². The standard InChI is InChI=1S/C22H28ClN5/c1-22(2,14-27(3)4)13-24-21-17-9-6-10-18(17)25-20-12-19(26-28(20)21)15-7-5-8-16(23)11-15/h5,7-8,11-12,24H,6,9-10,13-14H2,1-4H3/p+1. The lowest BCUT2D eigenvalue weighted by molar-refractivity contribution is -0.865. The highest BCUT2D eigenvalue weighted by molar-refractivity contribution is 6.30. The molecule has 1 aromatic carbocycles. The fourth-order valence-corrected chi connectivity index (χ4v) is 4.49. The van der Waals surface area contributed by atoms with Gasteiger partial charge in [-0.15, -0.1) is 0 Å². The van der Waals surface area contributed by atoms with Crippen molar-refractivity contribution in [3.63, 3.8) is 0 Å². The van der Waals surface area contributed by atoms with Gasteiger partial charge in [0.05, 0.1) is 26.3 Å². The molecule has 0 atom stereocenters. The van der Waals surface area contributed by atoms with Crippen molar-refractivity contribution in [2.45, 2.75) is 33.1 Å². The van der Waals surface area contributed by atoms with Gasteiger partial charge in [0, 0.05) is 39.9 Å². The van der Waals surface area contributed by atoms with Gasteiger partial charge in [0.2, 0.25) is 0 Å². The average Bonchev–Trinajstić information content (AvgIpc) is 3.23. The van der Waals surface area contributed by atoms with E-state index in [0.717, 1.165) is 60.1 Å². The summed E-state index contributed by atoms with van der Waals surface area (Å²) in [6, 6.07) is 9.89. The lowest BCUT2D eigenvalue weighted by atomic mass is 9.93. The molecule has 0 aliphatic heterocycles. The van der Waals surface area contributed by atoms with Crippen molar-refractivity contribution in [2.75, 3.05) is 32.5 Å². The van der Waals surface area contributed by atoms with E-state index in [0.29, 0.717) is 0 Å². The molecule has 5 nitrogen and oxygen atoms in total. The van der Waals surface area contributed by atoms with Crippen LogP contribution < -0.4 is 10.2 Å². The van der Waals surface area contributed by atoms with Gasteiger partial charge in [-0.3, -0.25) is 0 Å². The minimum atomic E-state index is 0.183. The molecule has 2 aromatic heterocycles. The second-order valence-electron chi connectivity index (χ2n) is 8.95. The van der Waals surface area contributed by atoms with Crippen LogP contribution in [0.4, 0.5) is 5.82 Å². The van der Waals surface area contributed by atoms with Crippen LogP contribution in [-0.2, 0) is 12.8 Å². The number of quaternary nitrogens is 1. The number of aryl methyl sites for hydroxylation is 1. The van der Waals surface area contributed by atoms with Crippen LogP contribution in [0, 0.1) is 5.41 Å². The number of anilines is 1. The van der Waals surface area contributed by atoms with E-state index >= 15 is 0 Å². The largest absolute Gasteiger partial charge is 0.369 e. The zero-order valence-corrected chi connectivity index (χ0v) is 17.9. The van der Waals surface area contributed by atoms with Crippen LogP contribution in [0.3, 0.4) is 0 Å². The van der Waals surface area contributed by atoms with Gasteiger partial charge in [-0.2, -0.15) is 9.61 Å². The molecule has 1 aliphatic rings. The molecule has 6 heteroatoms. The molecule has 2 heterocycles. The molecule has 148 valence electrons. The first-order valence-electron chi connectivity index (χ1n) is 10.0. The predicted octanol–water partition coefficient (Wildman–Crippen LogP) is 3.12. The average molecular weight is 399 g/mol. The van der Waals surface area contributed by atoms with Crippen LogP contribution in [0.1, 0.15) is 31.5 Å². The van der Waals surface area contributed by atoms with Crippen LogP contribution in [0.25, 0.3) is 16.9 Å². The minimum absolute atomic E-state index is 0.183. The molecular formula is C22H29ClN5+. The van der Waals surface area contributed by atoms with Crippen LogP contribution in [0.5, 0.6) is 0 Å². The van der Waals surface area contributed by atoms with Crippen molar-refractivity contribution in [3.05, 3.63) is 46.6 Å². The Hall–Kier alpha value is -2.11. The number of hydrogen-bond donors (Lipinski definition) is 2. The summed E-state index contributed by atoms with van der Waals surface area (Å²) in [7, 11) is 4.41. The molecule has 1 aliphatic carbocycles. The Morgan fingerprint density at radius 1 is 1.21 bits per heavy atom. The van der Waals surface area contributed by atoms with E-state index in [-0.39, 0.29) is 5.41 Å². The van der Waals surface area contributed by atoms with Crippen molar-refractivity contribution in [1.82, 2.24) is 14.6 Å². The molecule has 2 N–H and O–H groups in total. The predicted molar refractivity (Wildman–Crippen MR) is 115 cm³/mol. The fourth-order valence-electron chi connectivity index (χ4n) is 4.30. The second-order valence-corrected chi connectivity index (χ2v) is 9.39. The number of hydrogen-bond acceptors (Lipinski definition) is 3. The van der Waals surface area contributed by atoms with Gasteiger partial charge in [0.15, 0.2) is 5.65 Å². The van der Waals surface area contributed by atoms with Crippen molar-refractivity contribution in [2.24, 2.45) is 5.41 Å². The quantitative estimate of drug-likeness (QED) is 0.670. The first-order chi connectivity index (χ1) is 13.3. The summed E-state index contributed by atoms with van der Waals surface area (Å²) in [6.45, 7) is 6.62. The van der Waals surface area contributed by atoms with Gasteiger partial charge >= 0.3 is 0 Å². The Labute approximate surface area is 171 Å². The summed E-state index contributed by atoms with van der Waals surface area (Å²) in [6.07, 6.45) is 3.27. The maximum atomic E-state index is 6.18. The smallest absolute Gasteiger partial charge is 0.158 e. The first-order valence-corrected chi connectivity index (χ1v) is 10.4. The van der Waals surface area contributed by atoms with Crippen LogP contribution >= 0.6 is 11.6 Å². The molecule has 3 aromatic rings. The van der Waals surface area contributed by atoms with E-state index in [9.17, 15) is 0 Å². The lowest BCUT2D eigenvalue weighted by Crippen LogP contribution is -3.07. The Kier molecular flexibility index (Phi) is 5.06. The zero-order chi connectivity index (χ0) is 19.9. The van der Waals surface area contributed by atoms with E-state index in [1.807, 2.05) is 28.8 Å². The summed E-state index contributed by atoms with van der Waals surface area (Å²) >= 11 is 6.18. The summed E-state index contributed by atoms with van der Waals surface area (Å²) < 4.78 is 1.99. The maximum absolute atomic E-state index is 6.18. The molecule has 0 saturated heterocycles. The van der Waals surface area contributed by atoms with E-state index in [4.69, 9.17) is 21.7 Å². The number of nitrogens with zero attached hydrogens (tertiary/aromatic N) is 3. The second kappa shape index (κ2) is 7.37. The highest BCUT2D eigenvalue weighted by atomic mass is 35.5. The molecule has 4 rings (SSSR count). The fraction of sp³-hybridized carbons (Fsp3) is 0.455. The number of halogens is 1. The molecule has 0 unspecified atom stereocenters. The Bertz CT molecular complexity index is 1010. The van der Waals surface area contributed by atoms with Crippen LogP contribution in [0.2, 0.25) is 5.02 Å².